The lowest BCUT2D eigenvalue weighted by Crippen LogP contribution is -2.32. The van der Waals surface area contributed by atoms with Crippen LogP contribution < -0.4 is 5.32 Å². The molecule has 1 saturated carbocycles. The summed E-state index contributed by atoms with van der Waals surface area (Å²) < 4.78 is 0. The SMILES string of the molecule is Cc1nc(C(=O)NCC2CC2)cc([C@@H]2CCCN(C)C2)n1. The number of carbonyl (C=O) groups excluding carboxylic acids is 1. The Morgan fingerprint density at radius 1 is 1.38 bits per heavy atom. The highest BCUT2D eigenvalue weighted by Crippen LogP contribution is 2.28. The average Bonchev–Trinajstić information content (AvgIpc) is 3.28. The maximum Gasteiger partial charge on any atom is 0.270 e. The summed E-state index contributed by atoms with van der Waals surface area (Å²) >= 11 is 0. The van der Waals surface area contributed by atoms with Crippen LogP contribution in [0.2, 0.25) is 0 Å². The molecule has 1 aliphatic carbocycles. The van der Waals surface area contributed by atoms with E-state index in [1.165, 1.54) is 19.3 Å². The number of likely N-dealkylation sites (N-methyl/N-ethyl adjacent to an activating group) is 1. The van der Waals surface area contributed by atoms with Crippen LogP contribution in [0.3, 0.4) is 0 Å². The minimum absolute atomic E-state index is 0.0576. The van der Waals surface area contributed by atoms with Crippen molar-refractivity contribution in [2.45, 2.75) is 38.5 Å². The van der Waals surface area contributed by atoms with E-state index < -0.39 is 0 Å². The monoisotopic (exact) mass is 288 g/mol. The van der Waals surface area contributed by atoms with E-state index in [2.05, 4.69) is 27.2 Å². The lowest BCUT2D eigenvalue weighted by Gasteiger charge is -2.29. The third kappa shape index (κ3) is 3.79. The zero-order chi connectivity index (χ0) is 14.8. The van der Waals surface area contributed by atoms with Crippen molar-refractivity contribution < 1.29 is 4.79 Å². The Morgan fingerprint density at radius 3 is 2.90 bits per heavy atom. The topological polar surface area (TPSA) is 58.1 Å². The van der Waals surface area contributed by atoms with Crippen molar-refractivity contribution in [1.82, 2.24) is 20.2 Å². The van der Waals surface area contributed by atoms with Gasteiger partial charge in [-0.05, 0) is 58.2 Å². The number of nitrogens with one attached hydrogen (secondary N) is 1. The molecule has 1 aromatic heterocycles. The molecule has 2 heterocycles. The van der Waals surface area contributed by atoms with Crippen molar-refractivity contribution in [2.24, 2.45) is 5.92 Å². The largest absolute Gasteiger partial charge is 0.350 e. The molecule has 1 aliphatic heterocycles. The first kappa shape index (κ1) is 14.4. The fourth-order valence-corrected chi connectivity index (χ4v) is 2.97. The fraction of sp³-hybridized carbons (Fsp3) is 0.688. The molecule has 5 nitrogen and oxygen atoms in total. The summed E-state index contributed by atoms with van der Waals surface area (Å²) in [4.78, 5) is 23.4. The molecular formula is C16H24N4O. The molecule has 0 spiro atoms. The molecule has 3 rings (SSSR count). The highest BCUT2D eigenvalue weighted by molar-refractivity contribution is 5.92. The Labute approximate surface area is 126 Å². The van der Waals surface area contributed by atoms with Crippen molar-refractivity contribution in [1.29, 1.82) is 0 Å². The molecule has 0 unspecified atom stereocenters. The molecule has 21 heavy (non-hydrogen) atoms. The number of hydrogen-bond acceptors (Lipinski definition) is 4. The van der Waals surface area contributed by atoms with Crippen LogP contribution in [-0.4, -0.2) is 47.5 Å². The van der Waals surface area contributed by atoms with Gasteiger partial charge in [-0.25, -0.2) is 9.97 Å². The van der Waals surface area contributed by atoms with Crippen LogP contribution >= 0.6 is 0 Å². The van der Waals surface area contributed by atoms with E-state index in [1.54, 1.807) is 0 Å². The zero-order valence-electron chi connectivity index (χ0n) is 12.9. The molecule has 5 heteroatoms. The Hall–Kier alpha value is -1.49. The molecule has 2 aliphatic rings. The number of likely N-dealkylation sites (tertiary alicyclic amines) is 1. The summed E-state index contributed by atoms with van der Waals surface area (Å²) in [6, 6.07) is 1.89. The highest BCUT2D eigenvalue weighted by Gasteiger charge is 2.24. The van der Waals surface area contributed by atoms with Crippen molar-refractivity contribution in [3.63, 3.8) is 0 Å². The van der Waals surface area contributed by atoms with Gasteiger partial charge < -0.3 is 10.2 Å². The molecule has 0 bridgehead atoms. The molecule has 1 atom stereocenters. The summed E-state index contributed by atoms with van der Waals surface area (Å²) in [6.45, 7) is 4.81. The molecule has 2 fully saturated rings. The number of amides is 1. The van der Waals surface area contributed by atoms with E-state index in [9.17, 15) is 4.79 Å². The van der Waals surface area contributed by atoms with Crippen molar-refractivity contribution >= 4 is 5.91 Å². The highest BCUT2D eigenvalue weighted by atomic mass is 16.1. The predicted molar refractivity (Wildman–Crippen MR) is 81.3 cm³/mol. The van der Waals surface area contributed by atoms with E-state index in [4.69, 9.17) is 0 Å². The van der Waals surface area contributed by atoms with E-state index in [0.29, 0.717) is 23.4 Å². The number of nitrogens with zero attached hydrogens (tertiary/aromatic N) is 3. The van der Waals surface area contributed by atoms with Crippen LogP contribution in [0.25, 0.3) is 0 Å². The zero-order valence-corrected chi connectivity index (χ0v) is 12.9. The third-order valence-corrected chi connectivity index (χ3v) is 4.38. The van der Waals surface area contributed by atoms with Gasteiger partial charge >= 0.3 is 0 Å². The Kier molecular flexibility index (Phi) is 4.19. The van der Waals surface area contributed by atoms with Crippen LogP contribution in [0.15, 0.2) is 6.07 Å². The van der Waals surface area contributed by atoms with Crippen LogP contribution in [0.4, 0.5) is 0 Å². The van der Waals surface area contributed by atoms with Gasteiger partial charge in [-0.15, -0.1) is 0 Å². The van der Waals surface area contributed by atoms with Crippen LogP contribution in [0.5, 0.6) is 0 Å². The molecule has 1 aromatic rings. The Morgan fingerprint density at radius 2 is 2.19 bits per heavy atom. The van der Waals surface area contributed by atoms with E-state index >= 15 is 0 Å². The maximum atomic E-state index is 12.2. The normalized spacial score (nSPS) is 23.0. The molecule has 0 aromatic carbocycles. The van der Waals surface area contributed by atoms with Gasteiger partial charge in [-0.2, -0.15) is 0 Å². The van der Waals surface area contributed by atoms with Crippen LogP contribution in [0.1, 0.15) is 53.6 Å². The second-order valence-electron chi connectivity index (χ2n) is 6.48. The van der Waals surface area contributed by atoms with Gasteiger partial charge in [0.25, 0.3) is 5.91 Å². The maximum absolute atomic E-state index is 12.2. The third-order valence-electron chi connectivity index (χ3n) is 4.38. The predicted octanol–water partition coefficient (Wildman–Crippen LogP) is 1.73. The number of carbonyl (C=O) groups is 1. The van der Waals surface area contributed by atoms with Gasteiger partial charge in [0.2, 0.25) is 0 Å². The van der Waals surface area contributed by atoms with Gasteiger partial charge in [0.15, 0.2) is 0 Å². The second kappa shape index (κ2) is 6.10. The quantitative estimate of drug-likeness (QED) is 0.917. The summed E-state index contributed by atoms with van der Waals surface area (Å²) in [6.07, 6.45) is 4.81. The van der Waals surface area contributed by atoms with E-state index in [1.807, 2.05) is 13.0 Å². The number of aromatic nitrogens is 2. The number of hydrogen-bond donors (Lipinski definition) is 1. The first-order valence-electron chi connectivity index (χ1n) is 7.94. The summed E-state index contributed by atoms with van der Waals surface area (Å²) in [5.74, 6) is 1.74. The molecule has 1 amide bonds. The van der Waals surface area contributed by atoms with Gasteiger partial charge in [0.1, 0.15) is 11.5 Å². The summed E-state index contributed by atoms with van der Waals surface area (Å²) in [7, 11) is 2.14. The van der Waals surface area contributed by atoms with Crippen LogP contribution in [-0.2, 0) is 0 Å². The first-order chi connectivity index (χ1) is 10.1. The minimum atomic E-state index is -0.0576. The van der Waals surface area contributed by atoms with Crippen LogP contribution in [0, 0.1) is 12.8 Å². The van der Waals surface area contributed by atoms with Gasteiger partial charge in [0, 0.05) is 24.7 Å². The second-order valence-corrected chi connectivity index (χ2v) is 6.48. The minimum Gasteiger partial charge on any atom is -0.350 e. The first-order valence-corrected chi connectivity index (χ1v) is 7.94. The van der Waals surface area contributed by atoms with Gasteiger partial charge in [0.05, 0.1) is 0 Å². The number of aryl methyl sites for hydroxylation is 1. The van der Waals surface area contributed by atoms with E-state index in [0.717, 1.165) is 31.7 Å². The summed E-state index contributed by atoms with van der Waals surface area (Å²) in [5, 5.41) is 2.99. The molecule has 1 saturated heterocycles. The average molecular weight is 288 g/mol. The Bertz CT molecular complexity index is 527. The fourth-order valence-electron chi connectivity index (χ4n) is 2.97. The summed E-state index contributed by atoms with van der Waals surface area (Å²) in [5.41, 5.74) is 1.54. The van der Waals surface area contributed by atoms with Crippen molar-refractivity contribution in [3.8, 4) is 0 Å². The van der Waals surface area contributed by atoms with Crippen molar-refractivity contribution in [2.75, 3.05) is 26.7 Å². The lowest BCUT2D eigenvalue weighted by atomic mass is 9.94. The van der Waals surface area contributed by atoms with Crippen molar-refractivity contribution in [3.05, 3.63) is 23.3 Å². The van der Waals surface area contributed by atoms with Gasteiger partial charge in [-0.1, -0.05) is 0 Å². The Balaban J connectivity index is 1.73. The van der Waals surface area contributed by atoms with Gasteiger partial charge in [-0.3, -0.25) is 4.79 Å². The standard InChI is InChI=1S/C16H24N4O/c1-11-18-14(13-4-3-7-20(2)10-13)8-15(19-11)16(21)17-9-12-5-6-12/h8,12-13H,3-7,9-10H2,1-2H3,(H,17,21)/t13-/m1/s1. The molecule has 1 N–H and O–H groups in total. The molecular weight excluding hydrogens is 264 g/mol. The van der Waals surface area contributed by atoms with E-state index in [-0.39, 0.29) is 5.91 Å². The lowest BCUT2D eigenvalue weighted by molar-refractivity contribution is 0.0946. The molecule has 0 radical (unpaired) electrons. The number of rotatable bonds is 4. The molecule has 114 valence electrons. The smallest absolute Gasteiger partial charge is 0.270 e. The number of piperidine rings is 1.